The van der Waals surface area contributed by atoms with Crippen LogP contribution in [0.4, 0.5) is 5.69 Å². The summed E-state index contributed by atoms with van der Waals surface area (Å²) in [7, 11) is 1.58. The Balaban J connectivity index is 1.58. The van der Waals surface area contributed by atoms with Crippen LogP contribution >= 0.6 is 0 Å². The number of hydrogen-bond donors (Lipinski definition) is 2. The van der Waals surface area contributed by atoms with Gasteiger partial charge in [0.25, 0.3) is 5.91 Å². The molecule has 1 heterocycles. The van der Waals surface area contributed by atoms with Crippen LogP contribution in [0.3, 0.4) is 0 Å². The molecule has 0 aliphatic heterocycles. The molecule has 4 aromatic rings. The number of para-hydroxylation sites is 2. The molecular formula is C25H24N4O3. The van der Waals surface area contributed by atoms with E-state index >= 15 is 0 Å². The summed E-state index contributed by atoms with van der Waals surface area (Å²) in [5.74, 6) is 0.867. The van der Waals surface area contributed by atoms with Gasteiger partial charge in [0, 0.05) is 17.3 Å². The van der Waals surface area contributed by atoms with Crippen molar-refractivity contribution in [1.82, 2.24) is 14.9 Å². The number of methoxy groups -OCH3 is 1. The molecule has 32 heavy (non-hydrogen) atoms. The minimum Gasteiger partial charge on any atom is -0.497 e. The first-order valence-electron chi connectivity index (χ1n) is 10.3. The Morgan fingerprint density at radius 2 is 1.75 bits per heavy atom. The van der Waals surface area contributed by atoms with E-state index in [0.29, 0.717) is 22.8 Å². The van der Waals surface area contributed by atoms with Crippen molar-refractivity contribution in [2.75, 3.05) is 12.4 Å². The van der Waals surface area contributed by atoms with Gasteiger partial charge in [-0.1, -0.05) is 36.4 Å². The Bertz CT molecular complexity index is 1250. The van der Waals surface area contributed by atoms with E-state index < -0.39 is 6.04 Å². The number of amides is 2. The van der Waals surface area contributed by atoms with Crippen molar-refractivity contribution in [2.24, 2.45) is 0 Å². The lowest BCUT2D eigenvalue weighted by Gasteiger charge is -2.16. The number of carbonyl (C=O) groups excluding carboxylic acids is 2. The SMILES string of the molecule is COc1cccc(NC(=O)Cn2c(C(C)NC(=O)c3ccccc3)nc3ccccc32)c1. The number of carbonyl (C=O) groups is 2. The Labute approximate surface area is 186 Å². The van der Waals surface area contributed by atoms with Gasteiger partial charge >= 0.3 is 0 Å². The van der Waals surface area contributed by atoms with Crippen LogP contribution in [0.15, 0.2) is 78.9 Å². The summed E-state index contributed by atoms with van der Waals surface area (Å²) in [4.78, 5) is 30.2. The largest absolute Gasteiger partial charge is 0.497 e. The highest BCUT2D eigenvalue weighted by atomic mass is 16.5. The molecule has 7 nitrogen and oxygen atoms in total. The minimum atomic E-state index is -0.403. The summed E-state index contributed by atoms with van der Waals surface area (Å²) >= 11 is 0. The highest BCUT2D eigenvalue weighted by Gasteiger charge is 2.20. The molecule has 2 amide bonds. The standard InChI is InChI=1S/C25H24N4O3/c1-17(26-25(31)18-9-4-3-5-10-18)24-28-21-13-6-7-14-22(21)29(24)16-23(30)27-19-11-8-12-20(15-19)32-2/h3-15,17H,16H2,1-2H3,(H,26,31)(H,27,30). The van der Waals surface area contributed by atoms with Gasteiger partial charge in [-0.3, -0.25) is 9.59 Å². The van der Waals surface area contributed by atoms with Crippen LogP contribution in [0, 0.1) is 0 Å². The second-order valence-corrected chi connectivity index (χ2v) is 7.39. The first-order valence-corrected chi connectivity index (χ1v) is 10.3. The first-order chi connectivity index (χ1) is 15.5. The van der Waals surface area contributed by atoms with Crippen LogP contribution in [0.25, 0.3) is 11.0 Å². The third-order valence-corrected chi connectivity index (χ3v) is 5.11. The molecule has 162 valence electrons. The Hall–Kier alpha value is -4.13. The molecule has 0 bridgehead atoms. The Morgan fingerprint density at radius 3 is 2.53 bits per heavy atom. The van der Waals surface area contributed by atoms with E-state index in [4.69, 9.17) is 9.72 Å². The van der Waals surface area contributed by atoms with Crippen molar-refractivity contribution in [3.63, 3.8) is 0 Å². The maximum absolute atomic E-state index is 12.9. The van der Waals surface area contributed by atoms with E-state index in [1.54, 1.807) is 31.4 Å². The van der Waals surface area contributed by atoms with E-state index in [1.807, 2.05) is 66.1 Å². The predicted octanol–water partition coefficient (Wildman–Crippen LogP) is 4.17. The molecule has 3 aromatic carbocycles. The number of imidazole rings is 1. The number of fused-ring (bicyclic) bond motifs is 1. The van der Waals surface area contributed by atoms with Crippen molar-refractivity contribution in [3.8, 4) is 5.75 Å². The highest BCUT2D eigenvalue weighted by Crippen LogP contribution is 2.22. The van der Waals surface area contributed by atoms with Gasteiger partial charge in [0.1, 0.15) is 18.1 Å². The summed E-state index contributed by atoms with van der Waals surface area (Å²) < 4.78 is 7.05. The number of nitrogens with one attached hydrogen (secondary N) is 2. The average molecular weight is 428 g/mol. The van der Waals surface area contributed by atoms with Crippen LogP contribution in [0.2, 0.25) is 0 Å². The lowest BCUT2D eigenvalue weighted by molar-refractivity contribution is -0.116. The molecule has 0 saturated carbocycles. The van der Waals surface area contributed by atoms with Crippen LogP contribution < -0.4 is 15.4 Å². The van der Waals surface area contributed by atoms with Gasteiger partial charge < -0.3 is 19.9 Å². The van der Waals surface area contributed by atoms with Crippen molar-refractivity contribution in [3.05, 3.63) is 90.3 Å². The Kier molecular flexibility index (Phi) is 6.17. The third kappa shape index (κ3) is 4.62. The number of benzene rings is 3. The van der Waals surface area contributed by atoms with E-state index in [2.05, 4.69) is 10.6 Å². The van der Waals surface area contributed by atoms with Crippen molar-refractivity contribution >= 4 is 28.5 Å². The lowest BCUT2D eigenvalue weighted by Crippen LogP contribution is -2.30. The van der Waals surface area contributed by atoms with Crippen molar-refractivity contribution < 1.29 is 14.3 Å². The molecule has 2 N–H and O–H groups in total. The number of rotatable bonds is 7. The molecule has 0 fully saturated rings. The minimum absolute atomic E-state index is 0.0542. The second-order valence-electron chi connectivity index (χ2n) is 7.39. The molecule has 1 aromatic heterocycles. The number of anilines is 1. The van der Waals surface area contributed by atoms with E-state index in [9.17, 15) is 9.59 Å². The first kappa shape index (κ1) is 21.1. The van der Waals surface area contributed by atoms with E-state index in [1.165, 1.54) is 0 Å². The average Bonchev–Trinajstić information content (AvgIpc) is 3.18. The fraction of sp³-hybridized carbons (Fsp3) is 0.160. The molecule has 1 unspecified atom stereocenters. The lowest BCUT2D eigenvalue weighted by atomic mass is 10.2. The topological polar surface area (TPSA) is 85.2 Å². The highest BCUT2D eigenvalue weighted by molar-refractivity contribution is 5.94. The number of aromatic nitrogens is 2. The molecular weight excluding hydrogens is 404 g/mol. The summed E-state index contributed by atoms with van der Waals surface area (Å²) in [5, 5.41) is 5.88. The summed E-state index contributed by atoms with van der Waals surface area (Å²) in [6, 6.07) is 23.4. The maximum atomic E-state index is 12.9. The van der Waals surface area contributed by atoms with E-state index in [-0.39, 0.29) is 18.4 Å². The second kappa shape index (κ2) is 9.34. The van der Waals surface area contributed by atoms with Gasteiger partial charge in [0.2, 0.25) is 5.91 Å². The molecule has 0 spiro atoms. The zero-order chi connectivity index (χ0) is 22.5. The summed E-state index contributed by atoms with van der Waals surface area (Å²) in [6.07, 6.45) is 0. The van der Waals surface area contributed by atoms with Gasteiger partial charge in [-0.2, -0.15) is 0 Å². The quantitative estimate of drug-likeness (QED) is 0.463. The van der Waals surface area contributed by atoms with Gasteiger partial charge in [-0.15, -0.1) is 0 Å². The fourth-order valence-corrected chi connectivity index (χ4v) is 3.57. The summed E-state index contributed by atoms with van der Waals surface area (Å²) in [6.45, 7) is 1.91. The number of nitrogens with zero attached hydrogens (tertiary/aromatic N) is 2. The molecule has 0 aliphatic rings. The molecule has 0 aliphatic carbocycles. The zero-order valence-electron chi connectivity index (χ0n) is 17.9. The molecule has 0 saturated heterocycles. The zero-order valence-corrected chi connectivity index (χ0v) is 17.9. The van der Waals surface area contributed by atoms with Gasteiger partial charge in [-0.25, -0.2) is 4.98 Å². The number of hydrogen-bond acceptors (Lipinski definition) is 4. The Morgan fingerprint density at radius 1 is 1.00 bits per heavy atom. The van der Waals surface area contributed by atoms with Gasteiger partial charge in [0.15, 0.2) is 0 Å². The number of ether oxygens (including phenoxy) is 1. The maximum Gasteiger partial charge on any atom is 0.251 e. The van der Waals surface area contributed by atoms with Crippen molar-refractivity contribution in [2.45, 2.75) is 19.5 Å². The molecule has 4 rings (SSSR count). The predicted molar refractivity (Wildman–Crippen MR) is 124 cm³/mol. The van der Waals surface area contributed by atoms with Crippen LogP contribution in [-0.4, -0.2) is 28.5 Å². The van der Waals surface area contributed by atoms with Crippen molar-refractivity contribution in [1.29, 1.82) is 0 Å². The van der Waals surface area contributed by atoms with Gasteiger partial charge in [0.05, 0.1) is 24.2 Å². The third-order valence-electron chi connectivity index (χ3n) is 5.11. The van der Waals surface area contributed by atoms with Crippen LogP contribution in [-0.2, 0) is 11.3 Å². The monoisotopic (exact) mass is 428 g/mol. The van der Waals surface area contributed by atoms with E-state index in [0.717, 1.165) is 11.0 Å². The fourth-order valence-electron chi connectivity index (χ4n) is 3.57. The summed E-state index contributed by atoms with van der Waals surface area (Å²) in [5.41, 5.74) is 2.80. The van der Waals surface area contributed by atoms with Crippen LogP contribution in [0.5, 0.6) is 5.75 Å². The molecule has 1 atom stereocenters. The van der Waals surface area contributed by atoms with Gasteiger partial charge in [-0.05, 0) is 43.3 Å². The molecule has 7 heteroatoms. The van der Waals surface area contributed by atoms with Crippen LogP contribution in [0.1, 0.15) is 29.1 Å². The normalized spacial score (nSPS) is 11.7. The smallest absolute Gasteiger partial charge is 0.251 e. The molecule has 0 radical (unpaired) electrons.